The maximum atomic E-state index is 10.6. The number of hydrogen-bond donors (Lipinski definition) is 0. The monoisotopic (exact) mass is 284 g/mol. The first-order valence-electron chi connectivity index (χ1n) is 5.92. The minimum atomic E-state index is -0.386. The van der Waals surface area contributed by atoms with E-state index in [-0.39, 0.29) is 11.5 Å². The van der Waals surface area contributed by atoms with Gasteiger partial charge in [-0.05, 0) is 25.5 Å². The molecule has 0 saturated carbocycles. The molecule has 104 valence electrons. The molecular formula is C12H17ClN4O2. The van der Waals surface area contributed by atoms with Crippen LogP contribution in [0, 0.1) is 17.0 Å². The topological polar surface area (TPSA) is 71.6 Å². The summed E-state index contributed by atoms with van der Waals surface area (Å²) in [4.78, 5) is 20.3. The SMILES string of the molecule is CCN(Cc1nc(Cl)ccc1C)C(C[N+](=O)[O-])=NC. The van der Waals surface area contributed by atoms with Crippen molar-refractivity contribution >= 4 is 17.4 Å². The number of amidine groups is 1. The zero-order chi connectivity index (χ0) is 14.4. The summed E-state index contributed by atoms with van der Waals surface area (Å²) < 4.78 is 0. The van der Waals surface area contributed by atoms with E-state index in [1.807, 2.05) is 24.8 Å². The molecule has 0 aliphatic rings. The van der Waals surface area contributed by atoms with Crippen molar-refractivity contribution in [3.63, 3.8) is 0 Å². The Hall–Kier alpha value is -1.69. The first kappa shape index (κ1) is 15.4. The number of halogens is 1. The van der Waals surface area contributed by atoms with Gasteiger partial charge in [-0.1, -0.05) is 17.7 Å². The molecular weight excluding hydrogens is 268 g/mol. The van der Waals surface area contributed by atoms with E-state index in [1.54, 1.807) is 13.1 Å². The Kier molecular flexibility index (Phi) is 5.69. The molecule has 0 spiro atoms. The lowest BCUT2D eigenvalue weighted by Gasteiger charge is -2.22. The quantitative estimate of drug-likeness (QED) is 0.273. The summed E-state index contributed by atoms with van der Waals surface area (Å²) in [5, 5.41) is 11.0. The van der Waals surface area contributed by atoms with Gasteiger partial charge < -0.3 is 4.90 Å². The third kappa shape index (κ3) is 4.48. The normalized spacial score (nSPS) is 11.5. The molecule has 6 nitrogen and oxygen atoms in total. The van der Waals surface area contributed by atoms with Crippen LogP contribution in [0.3, 0.4) is 0 Å². The number of aliphatic imine (C=N–C) groups is 1. The molecule has 0 amide bonds. The highest BCUT2D eigenvalue weighted by molar-refractivity contribution is 6.29. The van der Waals surface area contributed by atoms with Crippen molar-refractivity contribution < 1.29 is 4.92 Å². The second-order valence-corrected chi connectivity index (χ2v) is 4.43. The number of aryl methyl sites for hydroxylation is 1. The Morgan fingerprint density at radius 3 is 2.79 bits per heavy atom. The fourth-order valence-electron chi connectivity index (χ4n) is 1.70. The first-order valence-corrected chi connectivity index (χ1v) is 6.30. The van der Waals surface area contributed by atoms with Crippen LogP contribution in [-0.2, 0) is 6.54 Å². The van der Waals surface area contributed by atoms with E-state index in [1.165, 1.54) is 0 Å². The third-order valence-electron chi connectivity index (χ3n) is 2.78. The molecule has 0 aromatic carbocycles. The van der Waals surface area contributed by atoms with E-state index in [2.05, 4.69) is 9.98 Å². The smallest absolute Gasteiger partial charge is 0.260 e. The van der Waals surface area contributed by atoms with Crippen LogP contribution in [0.4, 0.5) is 0 Å². The maximum Gasteiger partial charge on any atom is 0.260 e. The average molecular weight is 285 g/mol. The van der Waals surface area contributed by atoms with Crippen molar-refractivity contribution in [1.29, 1.82) is 0 Å². The zero-order valence-electron chi connectivity index (χ0n) is 11.3. The Labute approximate surface area is 117 Å². The van der Waals surface area contributed by atoms with Crippen molar-refractivity contribution in [2.24, 2.45) is 4.99 Å². The lowest BCUT2D eigenvalue weighted by atomic mass is 10.2. The standard InChI is InChI=1S/C12H17ClN4O2/c1-4-16(12(14-3)8-17(18)19)7-10-9(2)5-6-11(13)15-10/h5-6H,4,7-8H2,1-3H3. The number of rotatable bonds is 5. The number of nitro groups is 1. The third-order valence-corrected chi connectivity index (χ3v) is 2.99. The molecule has 0 aliphatic heterocycles. The number of hydrogen-bond acceptors (Lipinski definition) is 4. The predicted molar refractivity (Wildman–Crippen MR) is 75.3 cm³/mol. The van der Waals surface area contributed by atoms with Gasteiger partial charge in [0.2, 0.25) is 0 Å². The molecule has 0 fully saturated rings. The van der Waals surface area contributed by atoms with Crippen molar-refractivity contribution in [3.05, 3.63) is 38.7 Å². The Bertz CT molecular complexity index is 491. The average Bonchev–Trinajstić information content (AvgIpc) is 2.37. The number of likely N-dealkylation sites (N-methyl/N-ethyl adjacent to an activating group) is 1. The highest BCUT2D eigenvalue weighted by atomic mass is 35.5. The number of nitrogens with zero attached hydrogens (tertiary/aromatic N) is 4. The zero-order valence-corrected chi connectivity index (χ0v) is 12.0. The van der Waals surface area contributed by atoms with E-state index < -0.39 is 0 Å². The molecule has 0 radical (unpaired) electrons. The number of aromatic nitrogens is 1. The minimum absolute atomic E-state index is 0.288. The van der Waals surface area contributed by atoms with Gasteiger partial charge >= 0.3 is 0 Å². The van der Waals surface area contributed by atoms with Gasteiger partial charge in [-0.15, -0.1) is 0 Å². The molecule has 0 bridgehead atoms. The highest BCUT2D eigenvalue weighted by Crippen LogP contribution is 2.13. The highest BCUT2D eigenvalue weighted by Gasteiger charge is 2.16. The van der Waals surface area contributed by atoms with Gasteiger partial charge in [-0.2, -0.15) is 0 Å². The lowest BCUT2D eigenvalue weighted by Crippen LogP contribution is -2.35. The van der Waals surface area contributed by atoms with Gasteiger partial charge in [0.05, 0.1) is 12.2 Å². The van der Waals surface area contributed by atoms with Crippen LogP contribution in [0.2, 0.25) is 5.15 Å². The van der Waals surface area contributed by atoms with Crippen molar-refractivity contribution in [1.82, 2.24) is 9.88 Å². The van der Waals surface area contributed by atoms with Crippen LogP contribution < -0.4 is 0 Å². The molecule has 19 heavy (non-hydrogen) atoms. The van der Waals surface area contributed by atoms with Crippen molar-refractivity contribution in [2.75, 3.05) is 20.1 Å². The Balaban J connectivity index is 2.92. The molecule has 0 unspecified atom stereocenters. The molecule has 0 saturated heterocycles. The fraction of sp³-hybridized carbons (Fsp3) is 0.500. The number of pyridine rings is 1. The van der Waals surface area contributed by atoms with Gasteiger partial charge in [0.25, 0.3) is 6.54 Å². The maximum absolute atomic E-state index is 10.6. The van der Waals surface area contributed by atoms with Crippen LogP contribution >= 0.6 is 11.6 Å². The van der Waals surface area contributed by atoms with E-state index >= 15 is 0 Å². The van der Waals surface area contributed by atoms with E-state index in [0.717, 1.165) is 11.3 Å². The van der Waals surface area contributed by atoms with Crippen LogP contribution in [0.25, 0.3) is 0 Å². The molecule has 1 heterocycles. The molecule has 1 rings (SSSR count). The predicted octanol–water partition coefficient (Wildman–Crippen LogP) is 2.17. The molecule has 1 aromatic rings. The summed E-state index contributed by atoms with van der Waals surface area (Å²) in [6.45, 7) is 4.65. The van der Waals surface area contributed by atoms with Gasteiger partial charge in [0.1, 0.15) is 5.15 Å². The van der Waals surface area contributed by atoms with Gasteiger partial charge in [0.15, 0.2) is 5.84 Å². The summed E-state index contributed by atoms with van der Waals surface area (Å²) in [7, 11) is 1.56. The fourth-order valence-corrected chi connectivity index (χ4v) is 1.86. The van der Waals surface area contributed by atoms with Crippen LogP contribution in [0.15, 0.2) is 17.1 Å². The summed E-state index contributed by atoms with van der Waals surface area (Å²) in [5.74, 6) is 0.439. The Morgan fingerprint density at radius 1 is 1.58 bits per heavy atom. The molecule has 7 heteroatoms. The van der Waals surface area contributed by atoms with Crippen LogP contribution in [0.5, 0.6) is 0 Å². The largest absolute Gasteiger partial charge is 0.349 e. The molecule has 0 aliphatic carbocycles. The molecule has 0 atom stereocenters. The molecule has 1 aromatic heterocycles. The minimum Gasteiger partial charge on any atom is -0.349 e. The van der Waals surface area contributed by atoms with E-state index in [9.17, 15) is 10.1 Å². The summed E-state index contributed by atoms with van der Waals surface area (Å²) >= 11 is 5.87. The summed E-state index contributed by atoms with van der Waals surface area (Å²) in [6, 6.07) is 3.61. The second-order valence-electron chi connectivity index (χ2n) is 4.04. The Morgan fingerprint density at radius 2 is 2.26 bits per heavy atom. The van der Waals surface area contributed by atoms with Crippen LogP contribution in [0.1, 0.15) is 18.2 Å². The van der Waals surface area contributed by atoms with Crippen LogP contribution in [-0.4, -0.2) is 40.8 Å². The lowest BCUT2D eigenvalue weighted by molar-refractivity contribution is -0.464. The van der Waals surface area contributed by atoms with E-state index in [4.69, 9.17) is 11.6 Å². The van der Waals surface area contributed by atoms with Gasteiger partial charge in [0, 0.05) is 18.5 Å². The van der Waals surface area contributed by atoms with Gasteiger partial charge in [-0.25, -0.2) is 4.98 Å². The van der Waals surface area contributed by atoms with Crippen molar-refractivity contribution in [2.45, 2.75) is 20.4 Å². The molecule has 0 N–H and O–H groups in total. The summed E-state index contributed by atoms with van der Waals surface area (Å²) in [5.41, 5.74) is 1.80. The summed E-state index contributed by atoms with van der Waals surface area (Å²) in [6.07, 6.45) is 0. The first-order chi connectivity index (χ1) is 8.97. The van der Waals surface area contributed by atoms with Gasteiger partial charge in [-0.3, -0.25) is 15.1 Å². The second kappa shape index (κ2) is 7.04. The van der Waals surface area contributed by atoms with Crippen molar-refractivity contribution in [3.8, 4) is 0 Å². The van der Waals surface area contributed by atoms with E-state index in [0.29, 0.717) is 24.1 Å².